The van der Waals surface area contributed by atoms with Crippen molar-refractivity contribution in [2.24, 2.45) is 5.92 Å². The number of ether oxygens (including phenoxy) is 2. The second kappa shape index (κ2) is 16.1. The summed E-state index contributed by atoms with van der Waals surface area (Å²) in [6.45, 7) is 3.77. The number of carbonyl (C=O) groups excluding carboxylic acids is 2. The van der Waals surface area contributed by atoms with Gasteiger partial charge >= 0.3 is 0 Å². The maximum absolute atomic E-state index is 14.4. The Morgan fingerprint density at radius 2 is 2.03 bits per heavy atom. The highest BCUT2D eigenvalue weighted by Crippen LogP contribution is 2.20. The number of aliphatic hydroxyl groups is 1. The van der Waals surface area contributed by atoms with Crippen molar-refractivity contribution in [3.05, 3.63) is 59.2 Å². The SMILES string of the molecule is CCc1cncc(CNCC(O)C2Cc3cc(F)cc(c3)OCCCCNC(=O)CCC(COC)C(=O)N2)c1. The molecular weight excluding hydrogens is 503 g/mol. The largest absolute Gasteiger partial charge is 0.493 e. The number of carbonyl (C=O) groups is 2. The van der Waals surface area contributed by atoms with Crippen LogP contribution in [0.4, 0.5) is 4.39 Å². The number of methoxy groups -OCH3 is 1. The summed E-state index contributed by atoms with van der Waals surface area (Å²) >= 11 is 0. The number of aryl methyl sites for hydroxylation is 1. The molecule has 10 heteroatoms. The van der Waals surface area contributed by atoms with E-state index in [4.69, 9.17) is 9.47 Å². The first kappa shape index (κ1) is 30.5. The number of aromatic nitrogens is 1. The van der Waals surface area contributed by atoms with Crippen LogP contribution in [0.3, 0.4) is 0 Å². The number of hydrogen-bond donors (Lipinski definition) is 4. The molecule has 1 aromatic carbocycles. The second-order valence-corrected chi connectivity index (χ2v) is 9.96. The minimum Gasteiger partial charge on any atom is -0.493 e. The second-order valence-electron chi connectivity index (χ2n) is 9.96. The standard InChI is InChI=1S/C29H41FN4O5/c1-3-20-10-22(16-31-15-20)17-32-18-27(35)26-13-21-11-24(30)14-25(12-21)39-9-5-4-8-33-28(36)7-6-23(19-38-2)29(37)34-26/h10-12,14-16,23,26-27,32,35H,3-9,13,17-19H2,1-2H3,(H,33,36)(H,34,37). The fraction of sp³-hybridized carbons (Fsp3) is 0.552. The number of aliphatic hydroxyl groups excluding tert-OH is 1. The summed E-state index contributed by atoms with van der Waals surface area (Å²) in [6.07, 6.45) is 5.59. The highest BCUT2D eigenvalue weighted by Gasteiger charge is 2.27. The number of benzene rings is 1. The Labute approximate surface area is 229 Å². The van der Waals surface area contributed by atoms with Gasteiger partial charge in [-0.25, -0.2) is 4.39 Å². The van der Waals surface area contributed by atoms with Crippen LogP contribution in [0.1, 0.15) is 49.3 Å². The molecular formula is C29H41FN4O5. The van der Waals surface area contributed by atoms with Gasteiger partial charge in [-0.15, -0.1) is 0 Å². The number of pyridine rings is 1. The Hall–Kier alpha value is -3.08. The molecule has 1 aliphatic heterocycles. The molecule has 3 rings (SSSR count). The predicted octanol–water partition coefficient (Wildman–Crippen LogP) is 2.29. The van der Waals surface area contributed by atoms with E-state index >= 15 is 0 Å². The van der Waals surface area contributed by atoms with Crippen LogP contribution >= 0.6 is 0 Å². The highest BCUT2D eigenvalue weighted by atomic mass is 19.1. The zero-order valence-corrected chi connectivity index (χ0v) is 22.9. The highest BCUT2D eigenvalue weighted by molar-refractivity contribution is 5.81. The number of nitrogens with one attached hydrogen (secondary N) is 3. The predicted molar refractivity (Wildman–Crippen MR) is 146 cm³/mol. The molecule has 2 amide bonds. The van der Waals surface area contributed by atoms with Gasteiger partial charge in [0.05, 0.1) is 31.3 Å². The molecule has 2 aromatic rings. The molecule has 2 heterocycles. The summed E-state index contributed by atoms with van der Waals surface area (Å²) in [5.41, 5.74) is 2.71. The van der Waals surface area contributed by atoms with E-state index in [1.165, 1.54) is 19.2 Å². The van der Waals surface area contributed by atoms with E-state index in [2.05, 4.69) is 33.9 Å². The van der Waals surface area contributed by atoms with Crippen LogP contribution in [-0.2, 0) is 33.7 Å². The number of rotatable bonds is 8. The Kier molecular flexibility index (Phi) is 12.6. The summed E-state index contributed by atoms with van der Waals surface area (Å²) in [6, 6.07) is 5.78. The van der Waals surface area contributed by atoms with E-state index in [1.54, 1.807) is 12.3 Å². The van der Waals surface area contributed by atoms with Gasteiger partial charge in [-0.2, -0.15) is 0 Å². The molecule has 1 aromatic heterocycles. The normalized spacial score (nSPS) is 20.3. The van der Waals surface area contributed by atoms with Crippen molar-refractivity contribution in [1.29, 1.82) is 0 Å². The lowest BCUT2D eigenvalue weighted by Crippen LogP contribution is -2.50. The first-order valence-corrected chi connectivity index (χ1v) is 13.7. The summed E-state index contributed by atoms with van der Waals surface area (Å²) in [7, 11) is 1.50. The number of fused-ring (bicyclic) bond motifs is 2. The van der Waals surface area contributed by atoms with Gasteiger partial charge < -0.3 is 30.5 Å². The van der Waals surface area contributed by atoms with Crippen molar-refractivity contribution in [3.8, 4) is 5.75 Å². The van der Waals surface area contributed by atoms with Gasteiger partial charge in [0.25, 0.3) is 0 Å². The fourth-order valence-corrected chi connectivity index (χ4v) is 4.53. The lowest BCUT2D eigenvalue weighted by atomic mass is 9.97. The molecule has 0 saturated heterocycles. The number of halogens is 1. The first-order valence-electron chi connectivity index (χ1n) is 13.7. The molecule has 2 bridgehead atoms. The van der Waals surface area contributed by atoms with Crippen LogP contribution in [0.25, 0.3) is 0 Å². The molecule has 0 fully saturated rings. The molecule has 4 N–H and O–H groups in total. The Bertz CT molecular complexity index is 1070. The maximum atomic E-state index is 14.4. The minimum absolute atomic E-state index is 0.134. The summed E-state index contributed by atoms with van der Waals surface area (Å²) < 4.78 is 25.4. The number of hydrogen-bond acceptors (Lipinski definition) is 7. The third-order valence-electron chi connectivity index (χ3n) is 6.74. The van der Waals surface area contributed by atoms with Crippen molar-refractivity contribution in [3.63, 3.8) is 0 Å². The molecule has 39 heavy (non-hydrogen) atoms. The topological polar surface area (TPSA) is 122 Å². The van der Waals surface area contributed by atoms with E-state index in [1.807, 2.05) is 6.20 Å². The molecule has 3 unspecified atom stereocenters. The molecule has 0 saturated carbocycles. The summed E-state index contributed by atoms with van der Waals surface area (Å²) in [5.74, 6) is -1.10. The van der Waals surface area contributed by atoms with E-state index in [0.717, 1.165) is 24.0 Å². The van der Waals surface area contributed by atoms with Crippen molar-refractivity contribution in [1.82, 2.24) is 20.9 Å². The molecule has 3 atom stereocenters. The molecule has 0 spiro atoms. The molecule has 9 nitrogen and oxygen atoms in total. The fourth-order valence-electron chi connectivity index (χ4n) is 4.53. The van der Waals surface area contributed by atoms with E-state index in [-0.39, 0.29) is 37.8 Å². The van der Waals surface area contributed by atoms with Crippen LogP contribution in [0.5, 0.6) is 5.75 Å². The van der Waals surface area contributed by atoms with Gasteiger partial charge in [-0.1, -0.05) is 13.0 Å². The first-order chi connectivity index (χ1) is 18.9. The zero-order chi connectivity index (χ0) is 28.0. The maximum Gasteiger partial charge on any atom is 0.225 e. The van der Waals surface area contributed by atoms with Gasteiger partial charge in [0.1, 0.15) is 11.6 Å². The van der Waals surface area contributed by atoms with Gasteiger partial charge in [0.2, 0.25) is 11.8 Å². The van der Waals surface area contributed by atoms with E-state index < -0.39 is 23.9 Å². The monoisotopic (exact) mass is 544 g/mol. The lowest BCUT2D eigenvalue weighted by Gasteiger charge is -2.27. The van der Waals surface area contributed by atoms with Crippen LogP contribution in [0, 0.1) is 11.7 Å². The van der Waals surface area contributed by atoms with Gasteiger partial charge in [-0.05, 0) is 60.9 Å². The molecule has 0 aliphatic carbocycles. The van der Waals surface area contributed by atoms with Crippen LogP contribution in [0.15, 0.2) is 36.7 Å². The number of nitrogens with zero attached hydrogens (tertiary/aromatic N) is 1. The van der Waals surface area contributed by atoms with Gasteiger partial charge in [0.15, 0.2) is 0 Å². The third kappa shape index (κ3) is 10.5. The number of amides is 2. The van der Waals surface area contributed by atoms with Crippen LogP contribution in [0.2, 0.25) is 0 Å². The van der Waals surface area contributed by atoms with Crippen molar-refractivity contribution < 1.29 is 28.6 Å². The Morgan fingerprint density at radius 1 is 1.21 bits per heavy atom. The van der Waals surface area contributed by atoms with Crippen molar-refractivity contribution in [2.45, 2.75) is 64.1 Å². The smallest absolute Gasteiger partial charge is 0.225 e. The quantitative estimate of drug-likeness (QED) is 0.402. The van der Waals surface area contributed by atoms with Gasteiger partial charge in [0, 0.05) is 51.6 Å². The molecule has 1 aliphatic rings. The van der Waals surface area contributed by atoms with Crippen LogP contribution < -0.4 is 20.7 Å². The summed E-state index contributed by atoms with van der Waals surface area (Å²) in [4.78, 5) is 29.8. The average Bonchev–Trinajstić information content (AvgIpc) is 2.91. The third-order valence-corrected chi connectivity index (χ3v) is 6.74. The average molecular weight is 545 g/mol. The van der Waals surface area contributed by atoms with E-state index in [9.17, 15) is 19.1 Å². The minimum atomic E-state index is -0.975. The molecule has 0 radical (unpaired) electrons. The lowest BCUT2D eigenvalue weighted by molar-refractivity contribution is -0.129. The van der Waals surface area contributed by atoms with Gasteiger partial charge in [-0.3, -0.25) is 14.6 Å². The Morgan fingerprint density at radius 3 is 2.82 bits per heavy atom. The van der Waals surface area contributed by atoms with E-state index in [0.29, 0.717) is 43.9 Å². The van der Waals surface area contributed by atoms with Crippen LogP contribution in [-0.4, -0.2) is 67.5 Å². The van der Waals surface area contributed by atoms with Crippen molar-refractivity contribution in [2.75, 3.05) is 33.4 Å². The molecule has 214 valence electrons. The zero-order valence-electron chi connectivity index (χ0n) is 22.9. The summed E-state index contributed by atoms with van der Waals surface area (Å²) in [5, 5.41) is 20.2. The van der Waals surface area contributed by atoms with Crippen molar-refractivity contribution >= 4 is 11.8 Å². The Balaban J connectivity index is 1.77.